The molecule has 2 unspecified atom stereocenters. The lowest BCUT2D eigenvalue weighted by Crippen LogP contribution is -2.36. The Morgan fingerprint density at radius 3 is 2.62 bits per heavy atom. The third-order valence-electron chi connectivity index (χ3n) is 3.00. The first-order chi connectivity index (χ1) is 7.63. The van der Waals surface area contributed by atoms with Gasteiger partial charge in [0, 0.05) is 25.3 Å². The van der Waals surface area contributed by atoms with Crippen molar-refractivity contribution in [3.63, 3.8) is 0 Å². The number of aromatic nitrogens is 1. The summed E-state index contributed by atoms with van der Waals surface area (Å²) in [5.41, 5.74) is 7.02. The van der Waals surface area contributed by atoms with Gasteiger partial charge in [0.15, 0.2) is 0 Å². The minimum atomic E-state index is 0.248. The van der Waals surface area contributed by atoms with E-state index in [-0.39, 0.29) is 6.04 Å². The molecule has 0 spiro atoms. The fourth-order valence-corrected chi connectivity index (χ4v) is 1.60. The molecule has 1 aromatic heterocycles. The van der Waals surface area contributed by atoms with E-state index in [0.717, 1.165) is 25.3 Å². The molecule has 3 heteroatoms. The van der Waals surface area contributed by atoms with Crippen LogP contribution in [0.3, 0.4) is 0 Å². The van der Waals surface area contributed by atoms with Gasteiger partial charge in [-0.15, -0.1) is 0 Å². The van der Waals surface area contributed by atoms with Crippen LogP contribution in [0.25, 0.3) is 0 Å². The lowest BCUT2D eigenvalue weighted by atomic mass is 10.0. The number of pyridine rings is 1. The smallest absolute Gasteiger partial charge is 0.0543 e. The summed E-state index contributed by atoms with van der Waals surface area (Å²) in [6, 6.07) is 6.30. The Bertz CT molecular complexity index is 284. The van der Waals surface area contributed by atoms with Crippen molar-refractivity contribution >= 4 is 0 Å². The highest BCUT2D eigenvalue weighted by molar-refractivity contribution is 5.03. The van der Waals surface area contributed by atoms with E-state index in [2.05, 4.69) is 36.7 Å². The second kappa shape index (κ2) is 6.61. The van der Waals surface area contributed by atoms with Crippen LogP contribution in [0.1, 0.15) is 26.5 Å². The molecule has 1 rings (SSSR count). The van der Waals surface area contributed by atoms with Crippen molar-refractivity contribution in [2.75, 3.05) is 13.1 Å². The zero-order valence-electron chi connectivity index (χ0n) is 10.6. The highest BCUT2D eigenvalue weighted by Crippen LogP contribution is 2.07. The summed E-state index contributed by atoms with van der Waals surface area (Å²) in [6.07, 6.45) is 1.85. The van der Waals surface area contributed by atoms with Crippen molar-refractivity contribution in [3.8, 4) is 0 Å². The van der Waals surface area contributed by atoms with Gasteiger partial charge in [-0.25, -0.2) is 0 Å². The molecule has 1 heterocycles. The van der Waals surface area contributed by atoms with Crippen molar-refractivity contribution in [2.24, 2.45) is 11.7 Å². The van der Waals surface area contributed by atoms with Crippen molar-refractivity contribution in [1.29, 1.82) is 0 Å². The third kappa shape index (κ3) is 4.29. The number of hydrogen-bond donors (Lipinski definition) is 1. The largest absolute Gasteiger partial charge is 0.328 e. The molecule has 0 fully saturated rings. The molecule has 2 atom stereocenters. The van der Waals surface area contributed by atoms with Crippen LogP contribution in [0.15, 0.2) is 24.4 Å². The third-order valence-corrected chi connectivity index (χ3v) is 3.00. The molecule has 1 aromatic rings. The van der Waals surface area contributed by atoms with Crippen LogP contribution in [-0.4, -0.2) is 29.0 Å². The van der Waals surface area contributed by atoms with Crippen LogP contribution in [0, 0.1) is 5.92 Å². The average Bonchev–Trinajstić information content (AvgIpc) is 2.29. The Morgan fingerprint density at radius 2 is 2.12 bits per heavy atom. The summed E-state index contributed by atoms with van der Waals surface area (Å²) in [7, 11) is 0. The lowest BCUT2D eigenvalue weighted by Gasteiger charge is -2.25. The Hall–Kier alpha value is -0.930. The molecule has 0 aliphatic carbocycles. The topological polar surface area (TPSA) is 42.2 Å². The number of nitrogens with zero attached hydrogens (tertiary/aromatic N) is 2. The van der Waals surface area contributed by atoms with E-state index in [4.69, 9.17) is 5.73 Å². The summed E-state index contributed by atoms with van der Waals surface area (Å²) < 4.78 is 0. The van der Waals surface area contributed by atoms with E-state index in [9.17, 15) is 0 Å². The van der Waals surface area contributed by atoms with Gasteiger partial charge in [0.05, 0.1) is 5.69 Å². The van der Waals surface area contributed by atoms with Gasteiger partial charge in [-0.3, -0.25) is 9.88 Å². The molecule has 3 nitrogen and oxygen atoms in total. The summed E-state index contributed by atoms with van der Waals surface area (Å²) in [5, 5.41) is 0. The minimum absolute atomic E-state index is 0.248. The SMILES string of the molecule is CCN(Cc1ccccn1)CC(C)C(C)N. The molecule has 0 bridgehead atoms. The zero-order chi connectivity index (χ0) is 12.0. The van der Waals surface area contributed by atoms with E-state index in [1.165, 1.54) is 0 Å². The Kier molecular flexibility index (Phi) is 5.43. The van der Waals surface area contributed by atoms with Gasteiger partial charge in [0.1, 0.15) is 0 Å². The first-order valence-corrected chi connectivity index (χ1v) is 6.01. The second-order valence-corrected chi connectivity index (χ2v) is 4.49. The maximum Gasteiger partial charge on any atom is 0.0543 e. The standard InChI is InChI=1S/C13H23N3/c1-4-16(9-11(2)12(3)14)10-13-7-5-6-8-15-13/h5-8,11-12H,4,9-10,14H2,1-3H3. The van der Waals surface area contributed by atoms with Gasteiger partial charge in [-0.05, 0) is 31.5 Å². The fourth-order valence-electron chi connectivity index (χ4n) is 1.60. The molecule has 0 aromatic carbocycles. The molecule has 0 radical (unpaired) electrons. The molecular weight excluding hydrogens is 198 g/mol. The van der Waals surface area contributed by atoms with Crippen LogP contribution in [0.2, 0.25) is 0 Å². The predicted octanol–water partition coefficient (Wildman–Crippen LogP) is 1.89. The van der Waals surface area contributed by atoms with Crippen LogP contribution in [-0.2, 0) is 6.54 Å². The number of rotatable bonds is 6. The van der Waals surface area contributed by atoms with Crippen LogP contribution in [0.4, 0.5) is 0 Å². The van der Waals surface area contributed by atoms with Gasteiger partial charge in [0.25, 0.3) is 0 Å². The van der Waals surface area contributed by atoms with E-state index in [0.29, 0.717) is 5.92 Å². The van der Waals surface area contributed by atoms with E-state index in [1.54, 1.807) is 0 Å². The molecule has 0 aliphatic rings. The quantitative estimate of drug-likeness (QED) is 0.797. The van der Waals surface area contributed by atoms with Crippen molar-refractivity contribution < 1.29 is 0 Å². The Balaban J connectivity index is 2.49. The van der Waals surface area contributed by atoms with Crippen molar-refractivity contribution in [3.05, 3.63) is 30.1 Å². The maximum absolute atomic E-state index is 5.89. The minimum Gasteiger partial charge on any atom is -0.328 e. The molecule has 2 N–H and O–H groups in total. The number of nitrogens with two attached hydrogens (primary N) is 1. The van der Waals surface area contributed by atoms with Crippen molar-refractivity contribution in [2.45, 2.75) is 33.4 Å². The molecule has 16 heavy (non-hydrogen) atoms. The molecule has 0 saturated heterocycles. The molecule has 0 aliphatic heterocycles. The molecular formula is C13H23N3. The van der Waals surface area contributed by atoms with E-state index >= 15 is 0 Å². The van der Waals surface area contributed by atoms with Crippen LogP contribution in [0.5, 0.6) is 0 Å². The lowest BCUT2D eigenvalue weighted by molar-refractivity contribution is 0.225. The molecule has 90 valence electrons. The van der Waals surface area contributed by atoms with Crippen molar-refractivity contribution in [1.82, 2.24) is 9.88 Å². The number of hydrogen-bond acceptors (Lipinski definition) is 3. The van der Waals surface area contributed by atoms with Gasteiger partial charge in [0.2, 0.25) is 0 Å². The van der Waals surface area contributed by atoms with Gasteiger partial charge >= 0.3 is 0 Å². The van der Waals surface area contributed by atoms with Crippen LogP contribution >= 0.6 is 0 Å². The van der Waals surface area contributed by atoms with Gasteiger partial charge in [-0.2, -0.15) is 0 Å². The second-order valence-electron chi connectivity index (χ2n) is 4.49. The highest BCUT2D eigenvalue weighted by atomic mass is 15.1. The summed E-state index contributed by atoms with van der Waals surface area (Å²) in [4.78, 5) is 6.73. The maximum atomic E-state index is 5.89. The highest BCUT2D eigenvalue weighted by Gasteiger charge is 2.12. The zero-order valence-corrected chi connectivity index (χ0v) is 10.6. The average molecular weight is 221 g/mol. The fraction of sp³-hybridized carbons (Fsp3) is 0.615. The predicted molar refractivity (Wildman–Crippen MR) is 68.0 cm³/mol. The monoisotopic (exact) mass is 221 g/mol. The van der Waals surface area contributed by atoms with Crippen LogP contribution < -0.4 is 5.73 Å². The van der Waals surface area contributed by atoms with Gasteiger partial charge in [-0.1, -0.05) is 19.9 Å². The van der Waals surface area contributed by atoms with E-state index in [1.807, 2.05) is 18.3 Å². The first-order valence-electron chi connectivity index (χ1n) is 6.01. The summed E-state index contributed by atoms with van der Waals surface area (Å²) >= 11 is 0. The van der Waals surface area contributed by atoms with Gasteiger partial charge < -0.3 is 5.73 Å². The first kappa shape index (κ1) is 13.1. The normalized spacial score (nSPS) is 15.1. The Morgan fingerprint density at radius 1 is 1.38 bits per heavy atom. The Labute approximate surface area is 98.7 Å². The molecule has 0 saturated carbocycles. The van der Waals surface area contributed by atoms with E-state index < -0.39 is 0 Å². The summed E-state index contributed by atoms with van der Waals surface area (Å²) in [6.45, 7) is 9.43. The summed E-state index contributed by atoms with van der Waals surface area (Å²) in [5.74, 6) is 0.517. The molecule has 0 amide bonds.